The number of piperidine rings is 1. The molecule has 2 aliphatic rings. The maximum atomic E-state index is 12.4. The molecule has 0 bridgehead atoms. The van der Waals surface area contributed by atoms with Gasteiger partial charge in [0.15, 0.2) is 5.96 Å². The molecule has 1 amide bonds. The summed E-state index contributed by atoms with van der Waals surface area (Å²) in [5, 5.41) is 6.58. The Morgan fingerprint density at radius 3 is 2.79 bits per heavy atom. The molecule has 6 nitrogen and oxygen atoms in total. The van der Waals surface area contributed by atoms with Gasteiger partial charge >= 0.3 is 0 Å². The Morgan fingerprint density at radius 2 is 2.04 bits per heavy atom. The van der Waals surface area contributed by atoms with E-state index in [-0.39, 0.29) is 5.91 Å². The molecule has 3 rings (SSSR count). The number of ether oxygens (including phenoxy) is 1. The molecule has 6 heteroatoms. The zero-order valence-electron chi connectivity index (χ0n) is 17.2. The number of nitrogens with one attached hydrogen (secondary N) is 2. The second-order valence-corrected chi connectivity index (χ2v) is 7.90. The fourth-order valence-corrected chi connectivity index (χ4v) is 3.58. The van der Waals surface area contributed by atoms with Gasteiger partial charge in [-0.15, -0.1) is 0 Å². The molecular weight excluding hydrogens is 352 g/mol. The van der Waals surface area contributed by atoms with Crippen molar-refractivity contribution in [2.45, 2.75) is 58.0 Å². The minimum atomic E-state index is 0.231. The Hall–Kier alpha value is -2.24. The normalized spacial score (nSPS) is 20.0. The Kier molecular flexibility index (Phi) is 7.57. The molecule has 0 radical (unpaired) electrons. The summed E-state index contributed by atoms with van der Waals surface area (Å²) < 4.78 is 5.97. The smallest absolute Gasteiger partial charge is 0.224 e. The third kappa shape index (κ3) is 6.14. The first kappa shape index (κ1) is 20.5. The Bertz CT molecular complexity index is 672. The van der Waals surface area contributed by atoms with Gasteiger partial charge in [0, 0.05) is 44.7 Å². The molecule has 2 fully saturated rings. The van der Waals surface area contributed by atoms with Gasteiger partial charge in [-0.2, -0.15) is 0 Å². The van der Waals surface area contributed by atoms with Gasteiger partial charge in [0.2, 0.25) is 5.91 Å². The summed E-state index contributed by atoms with van der Waals surface area (Å²) in [6.07, 6.45) is 6.52. The van der Waals surface area contributed by atoms with Crippen LogP contribution in [-0.4, -0.2) is 49.6 Å². The van der Waals surface area contributed by atoms with Crippen LogP contribution in [0.5, 0.6) is 5.75 Å². The van der Waals surface area contributed by atoms with E-state index in [1.807, 2.05) is 23.1 Å². The maximum absolute atomic E-state index is 12.4. The van der Waals surface area contributed by atoms with Gasteiger partial charge in [0.25, 0.3) is 0 Å². The highest BCUT2D eigenvalue weighted by Crippen LogP contribution is 2.30. The quantitative estimate of drug-likeness (QED) is 0.533. The zero-order chi connectivity index (χ0) is 19.8. The van der Waals surface area contributed by atoms with Crippen molar-refractivity contribution in [3.05, 3.63) is 29.8 Å². The summed E-state index contributed by atoms with van der Waals surface area (Å²) in [6, 6.07) is 8.49. The van der Waals surface area contributed by atoms with Crippen LogP contribution in [0, 0.1) is 5.92 Å². The van der Waals surface area contributed by atoms with E-state index in [1.54, 1.807) is 7.05 Å². The number of rotatable bonds is 8. The first-order valence-corrected chi connectivity index (χ1v) is 10.6. The number of hydrogen-bond acceptors (Lipinski definition) is 3. The van der Waals surface area contributed by atoms with Crippen molar-refractivity contribution in [1.82, 2.24) is 15.5 Å². The van der Waals surface area contributed by atoms with Gasteiger partial charge in [0.1, 0.15) is 5.75 Å². The largest absolute Gasteiger partial charge is 0.493 e. The number of carbonyl (C=O) groups is 1. The second-order valence-electron chi connectivity index (χ2n) is 7.90. The molecule has 0 aromatic heterocycles. The Morgan fingerprint density at radius 1 is 1.21 bits per heavy atom. The average molecular weight is 387 g/mol. The minimum absolute atomic E-state index is 0.231. The van der Waals surface area contributed by atoms with Gasteiger partial charge < -0.3 is 20.3 Å². The third-order valence-electron chi connectivity index (χ3n) is 5.57. The molecule has 0 spiro atoms. The van der Waals surface area contributed by atoms with Gasteiger partial charge in [-0.1, -0.05) is 18.2 Å². The van der Waals surface area contributed by atoms with Crippen LogP contribution < -0.4 is 15.4 Å². The summed E-state index contributed by atoms with van der Waals surface area (Å²) in [6.45, 7) is 5.07. The highest BCUT2D eigenvalue weighted by molar-refractivity contribution is 5.81. The molecule has 1 atom stereocenters. The first-order valence-electron chi connectivity index (χ1n) is 10.6. The summed E-state index contributed by atoms with van der Waals surface area (Å²) in [4.78, 5) is 18.7. The van der Waals surface area contributed by atoms with Crippen molar-refractivity contribution in [1.29, 1.82) is 0 Å². The number of carbonyl (C=O) groups excluding carboxylic acids is 1. The summed E-state index contributed by atoms with van der Waals surface area (Å²) in [5.41, 5.74) is 1.12. The van der Waals surface area contributed by atoms with E-state index in [1.165, 1.54) is 19.3 Å². The van der Waals surface area contributed by atoms with Gasteiger partial charge in [-0.25, -0.2) is 0 Å². The second kappa shape index (κ2) is 10.3. The van der Waals surface area contributed by atoms with Crippen LogP contribution in [0.1, 0.15) is 51.0 Å². The predicted octanol–water partition coefficient (Wildman–Crippen LogP) is 2.93. The Balaban J connectivity index is 1.41. The maximum Gasteiger partial charge on any atom is 0.224 e. The zero-order valence-corrected chi connectivity index (χ0v) is 17.2. The van der Waals surface area contributed by atoms with Crippen LogP contribution in [0.15, 0.2) is 29.3 Å². The van der Waals surface area contributed by atoms with E-state index < -0.39 is 0 Å². The molecule has 1 aromatic carbocycles. The third-order valence-corrected chi connectivity index (χ3v) is 5.57. The number of benzene rings is 1. The average Bonchev–Trinajstić information content (AvgIpc) is 3.54. The molecule has 1 heterocycles. The summed E-state index contributed by atoms with van der Waals surface area (Å²) in [7, 11) is 1.75. The molecule has 1 saturated carbocycles. The van der Waals surface area contributed by atoms with Gasteiger partial charge in [-0.3, -0.25) is 9.79 Å². The van der Waals surface area contributed by atoms with E-state index in [4.69, 9.17) is 4.74 Å². The molecule has 2 N–H and O–H groups in total. The number of nitrogens with zero attached hydrogens (tertiary/aromatic N) is 2. The van der Waals surface area contributed by atoms with Gasteiger partial charge in [0.05, 0.1) is 6.61 Å². The Labute approximate surface area is 168 Å². The highest BCUT2D eigenvalue weighted by Gasteiger charge is 2.23. The van der Waals surface area contributed by atoms with Crippen LogP contribution >= 0.6 is 0 Å². The summed E-state index contributed by atoms with van der Waals surface area (Å²) in [5.74, 6) is 2.60. The lowest BCUT2D eigenvalue weighted by Gasteiger charge is -2.33. The molecule has 1 saturated heterocycles. The molecule has 28 heavy (non-hydrogen) atoms. The lowest BCUT2D eigenvalue weighted by molar-refractivity contribution is -0.134. The standard InChI is InChI=1S/C22H34N4O2/c1-17-7-5-6-14-26(17)21(27)12-13-24-22(23-2)25-15-19-8-3-4-9-20(19)28-16-18-10-11-18/h3-4,8-9,17-18H,5-7,10-16H2,1-2H3,(H2,23,24,25). The highest BCUT2D eigenvalue weighted by atomic mass is 16.5. The van der Waals surface area contributed by atoms with Crippen molar-refractivity contribution in [2.75, 3.05) is 26.7 Å². The van der Waals surface area contributed by atoms with Crippen molar-refractivity contribution >= 4 is 11.9 Å². The SMILES string of the molecule is CN=C(NCCC(=O)N1CCCCC1C)NCc1ccccc1OCC1CC1. The molecule has 1 aliphatic carbocycles. The molecule has 1 aliphatic heterocycles. The van der Waals surface area contributed by atoms with Crippen LogP contribution in [-0.2, 0) is 11.3 Å². The molecule has 1 unspecified atom stereocenters. The molecular formula is C22H34N4O2. The van der Waals surface area contributed by atoms with Crippen LogP contribution in [0.4, 0.5) is 0 Å². The molecule has 154 valence electrons. The minimum Gasteiger partial charge on any atom is -0.493 e. The monoisotopic (exact) mass is 386 g/mol. The van der Waals surface area contributed by atoms with E-state index in [0.717, 1.165) is 43.2 Å². The molecule has 1 aromatic rings. The number of guanidine groups is 1. The number of hydrogen-bond donors (Lipinski definition) is 2. The number of amides is 1. The number of likely N-dealkylation sites (tertiary alicyclic amines) is 1. The van der Waals surface area contributed by atoms with Crippen LogP contribution in [0.25, 0.3) is 0 Å². The topological polar surface area (TPSA) is 66.0 Å². The fraction of sp³-hybridized carbons (Fsp3) is 0.636. The van der Waals surface area contributed by atoms with Crippen molar-refractivity contribution in [3.63, 3.8) is 0 Å². The number of aliphatic imine (C=N–C) groups is 1. The van der Waals surface area contributed by atoms with E-state index >= 15 is 0 Å². The van der Waals surface area contributed by atoms with Crippen molar-refractivity contribution in [3.8, 4) is 5.75 Å². The predicted molar refractivity (Wildman–Crippen MR) is 113 cm³/mol. The van der Waals surface area contributed by atoms with Gasteiger partial charge in [-0.05, 0) is 51.0 Å². The van der Waals surface area contributed by atoms with Crippen molar-refractivity contribution in [2.24, 2.45) is 10.9 Å². The van der Waals surface area contributed by atoms with Crippen LogP contribution in [0.3, 0.4) is 0 Å². The fourth-order valence-electron chi connectivity index (χ4n) is 3.58. The number of para-hydroxylation sites is 1. The summed E-state index contributed by atoms with van der Waals surface area (Å²) >= 11 is 0. The van der Waals surface area contributed by atoms with E-state index in [2.05, 4.69) is 28.6 Å². The van der Waals surface area contributed by atoms with Crippen LogP contribution in [0.2, 0.25) is 0 Å². The van der Waals surface area contributed by atoms with Crippen molar-refractivity contribution < 1.29 is 9.53 Å². The van der Waals surface area contributed by atoms with E-state index in [0.29, 0.717) is 31.5 Å². The lowest BCUT2D eigenvalue weighted by atomic mass is 10.0. The first-order chi connectivity index (χ1) is 13.7. The van der Waals surface area contributed by atoms with E-state index in [9.17, 15) is 4.79 Å². The lowest BCUT2D eigenvalue weighted by Crippen LogP contribution is -2.44.